The number of amides is 2. The molecule has 2 saturated heterocycles. The zero-order chi connectivity index (χ0) is 16.3. The first kappa shape index (κ1) is 15.5. The quantitative estimate of drug-likeness (QED) is 0.814. The standard InChI is InChI=1S/C17H20N4O2/c18-12-17(13-4-2-1-3-5-13)6-8-21(9-7-17)16(23)14-10-19-11-15(22)20-14/h1-5,14,19H,6-11H2,(H,20,22)/t14-/m0/s1. The molecule has 0 aliphatic carbocycles. The molecule has 1 aromatic rings. The van der Waals surface area contributed by atoms with Crippen molar-refractivity contribution in [2.24, 2.45) is 0 Å². The van der Waals surface area contributed by atoms with Crippen molar-refractivity contribution in [2.75, 3.05) is 26.2 Å². The maximum absolute atomic E-state index is 12.5. The number of nitrogens with one attached hydrogen (secondary N) is 2. The fourth-order valence-corrected chi connectivity index (χ4v) is 3.33. The van der Waals surface area contributed by atoms with Crippen LogP contribution in [0.2, 0.25) is 0 Å². The normalized spacial score (nSPS) is 23.7. The van der Waals surface area contributed by atoms with Gasteiger partial charge >= 0.3 is 0 Å². The number of carbonyl (C=O) groups is 2. The van der Waals surface area contributed by atoms with E-state index in [1.54, 1.807) is 4.90 Å². The molecule has 0 aromatic heterocycles. The third kappa shape index (κ3) is 3.06. The van der Waals surface area contributed by atoms with Crippen molar-refractivity contribution >= 4 is 11.8 Å². The molecule has 0 bridgehead atoms. The van der Waals surface area contributed by atoms with Crippen molar-refractivity contribution in [3.63, 3.8) is 0 Å². The van der Waals surface area contributed by atoms with Gasteiger partial charge in [-0.2, -0.15) is 5.26 Å². The van der Waals surface area contributed by atoms with Crippen LogP contribution >= 0.6 is 0 Å². The van der Waals surface area contributed by atoms with Crippen LogP contribution in [-0.4, -0.2) is 48.9 Å². The molecule has 23 heavy (non-hydrogen) atoms. The van der Waals surface area contributed by atoms with Gasteiger partial charge in [0.2, 0.25) is 11.8 Å². The Balaban J connectivity index is 1.67. The smallest absolute Gasteiger partial charge is 0.246 e. The van der Waals surface area contributed by atoms with E-state index in [-0.39, 0.29) is 18.4 Å². The van der Waals surface area contributed by atoms with Crippen LogP contribution in [0.25, 0.3) is 0 Å². The minimum atomic E-state index is -0.522. The molecule has 6 nitrogen and oxygen atoms in total. The summed E-state index contributed by atoms with van der Waals surface area (Å²) >= 11 is 0. The van der Waals surface area contributed by atoms with Gasteiger partial charge in [0, 0.05) is 19.6 Å². The summed E-state index contributed by atoms with van der Waals surface area (Å²) in [6.07, 6.45) is 1.24. The van der Waals surface area contributed by atoms with Gasteiger partial charge in [0.25, 0.3) is 0 Å². The highest BCUT2D eigenvalue weighted by molar-refractivity contribution is 5.89. The van der Waals surface area contributed by atoms with E-state index in [1.165, 1.54) is 0 Å². The fourth-order valence-electron chi connectivity index (χ4n) is 3.33. The molecule has 2 aliphatic rings. The van der Waals surface area contributed by atoms with Crippen molar-refractivity contribution in [1.29, 1.82) is 5.26 Å². The number of hydrogen-bond donors (Lipinski definition) is 2. The summed E-state index contributed by atoms with van der Waals surface area (Å²) in [5.74, 6) is -0.215. The highest BCUT2D eigenvalue weighted by Crippen LogP contribution is 2.34. The number of hydrogen-bond acceptors (Lipinski definition) is 4. The molecule has 0 saturated carbocycles. The summed E-state index contributed by atoms with van der Waals surface area (Å²) in [4.78, 5) is 25.7. The molecule has 0 unspecified atom stereocenters. The van der Waals surface area contributed by atoms with Gasteiger partial charge in [-0.3, -0.25) is 9.59 Å². The SMILES string of the molecule is N#CC1(c2ccccc2)CCN(C(=O)[C@@H]2CNCC(=O)N2)CC1. The molecule has 0 radical (unpaired) electrons. The molecule has 2 amide bonds. The Morgan fingerprint density at radius 3 is 2.57 bits per heavy atom. The van der Waals surface area contributed by atoms with Crippen molar-refractivity contribution in [3.05, 3.63) is 35.9 Å². The summed E-state index contributed by atoms with van der Waals surface area (Å²) in [5.41, 5.74) is 0.494. The summed E-state index contributed by atoms with van der Waals surface area (Å²) in [6.45, 7) is 1.79. The number of piperazine rings is 1. The number of carbonyl (C=O) groups excluding carboxylic acids is 2. The van der Waals surface area contributed by atoms with E-state index in [0.29, 0.717) is 32.5 Å². The van der Waals surface area contributed by atoms with Gasteiger partial charge in [-0.25, -0.2) is 0 Å². The molecular formula is C17H20N4O2. The van der Waals surface area contributed by atoms with Crippen LogP contribution in [0, 0.1) is 11.3 Å². The Morgan fingerprint density at radius 1 is 1.26 bits per heavy atom. The zero-order valence-electron chi connectivity index (χ0n) is 12.9. The maximum atomic E-state index is 12.5. The first-order valence-corrected chi connectivity index (χ1v) is 7.90. The number of rotatable bonds is 2. The van der Waals surface area contributed by atoms with E-state index in [1.807, 2.05) is 30.3 Å². The fraction of sp³-hybridized carbons (Fsp3) is 0.471. The largest absolute Gasteiger partial charge is 0.342 e. The minimum absolute atomic E-state index is 0.0647. The average molecular weight is 312 g/mol. The van der Waals surface area contributed by atoms with Gasteiger partial charge in [-0.15, -0.1) is 0 Å². The second-order valence-electron chi connectivity index (χ2n) is 6.14. The third-order valence-corrected chi connectivity index (χ3v) is 4.74. The Morgan fingerprint density at radius 2 is 1.96 bits per heavy atom. The second-order valence-corrected chi connectivity index (χ2v) is 6.14. The molecule has 6 heteroatoms. The van der Waals surface area contributed by atoms with Crippen LogP contribution < -0.4 is 10.6 Å². The van der Waals surface area contributed by atoms with Crippen molar-refractivity contribution in [2.45, 2.75) is 24.3 Å². The van der Waals surface area contributed by atoms with Crippen LogP contribution in [0.3, 0.4) is 0 Å². The molecule has 3 rings (SSSR count). The first-order chi connectivity index (χ1) is 11.1. The van der Waals surface area contributed by atoms with Gasteiger partial charge in [-0.05, 0) is 18.4 Å². The molecular weight excluding hydrogens is 292 g/mol. The summed E-state index contributed by atoms with van der Waals surface area (Å²) in [6, 6.07) is 11.7. The van der Waals surface area contributed by atoms with Crippen LogP contribution in [0.1, 0.15) is 18.4 Å². The predicted molar refractivity (Wildman–Crippen MR) is 84.3 cm³/mol. The lowest BCUT2D eigenvalue weighted by Gasteiger charge is -2.39. The van der Waals surface area contributed by atoms with Crippen molar-refractivity contribution < 1.29 is 9.59 Å². The molecule has 1 aromatic carbocycles. The molecule has 2 fully saturated rings. The maximum Gasteiger partial charge on any atom is 0.246 e. The number of nitriles is 1. The van der Waals surface area contributed by atoms with E-state index in [2.05, 4.69) is 16.7 Å². The van der Waals surface area contributed by atoms with Crippen molar-refractivity contribution in [3.8, 4) is 6.07 Å². The second kappa shape index (κ2) is 6.39. The highest BCUT2D eigenvalue weighted by atomic mass is 16.2. The third-order valence-electron chi connectivity index (χ3n) is 4.74. The Kier molecular flexibility index (Phi) is 4.30. The van der Waals surface area contributed by atoms with E-state index >= 15 is 0 Å². The topological polar surface area (TPSA) is 85.2 Å². The van der Waals surface area contributed by atoms with Crippen LogP contribution in [0.15, 0.2) is 30.3 Å². The van der Waals surface area contributed by atoms with Gasteiger partial charge in [-0.1, -0.05) is 30.3 Å². The summed E-state index contributed by atoms with van der Waals surface area (Å²) < 4.78 is 0. The van der Waals surface area contributed by atoms with Gasteiger partial charge < -0.3 is 15.5 Å². The summed E-state index contributed by atoms with van der Waals surface area (Å²) in [7, 11) is 0. The van der Waals surface area contributed by atoms with Gasteiger partial charge in [0.15, 0.2) is 0 Å². The summed E-state index contributed by atoms with van der Waals surface area (Å²) in [5, 5.41) is 15.4. The van der Waals surface area contributed by atoms with Gasteiger partial charge in [0.05, 0.1) is 18.0 Å². The molecule has 120 valence electrons. The highest BCUT2D eigenvalue weighted by Gasteiger charge is 2.39. The van der Waals surface area contributed by atoms with Gasteiger partial charge in [0.1, 0.15) is 6.04 Å². The number of piperidine rings is 1. The monoisotopic (exact) mass is 312 g/mol. The lowest BCUT2D eigenvalue weighted by molar-refractivity contribution is -0.138. The van der Waals surface area contributed by atoms with E-state index in [9.17, 15) is 14.9 Å². The lowest BCUT2D eigenvalue weighted by Crippen LogP contribution is -2.60. The zero-order valence-corrected chi connectivity index (χ0v) is 12.9. The van der Waals surface area contributed by atoms with E-state index in [4.69, 9.17) is 0 Å². The van der Waals surface area contributed by atoms with E-state index in [0.717, 1.165) is 5.56 Å². The Hall–Kier alpha value is -2.39. The van der Waals surface area contributed by atoms with Crippen molar-refractivity contribution in [1.82, 2.24) is 15.5 Å². The van der Waals surface area contributed by atoms with Crippen LogP contribution in [-0.2, 0) is 15.0 Å². The molecule has 2 aliphatic heterocycles. The Labute approximate surface area is 135 Å². The molecule has 1 atom stereocenters. The number of nitrogens with zero attached hydrogens (tertiary/aromatic N) is 2. The number of likely N-dealkylation sites (tertiary alicyclic amines) is 1. The first-order valence-electron chi connectivity index (χ1n) is 7.90. The minimum Gasteiger partial charge on any atom is -0.342 e. The molecule has 2 heterocycles. The van der Waals surface area contributed by atoms with E-state index < -0.39 is 11.5 Å². The Bertz CT molecular complexity index is 630. The molecule has 2 N–H and O–H groups in total. The predicted octanol–water partition coefficient (Wildman–Crippen LogP) is 0.158. The lowest BCUT2D eigenvalue weighted by atomic mass is 9.74. The van der Waals surface area contributed by atoms with Crippen LogP contribution in [0.5, 0.6) is 0 Å². The number of benzene rings is 1. The van der Waals surface area contributed by atoms with Crippen LogP contribution in [0.4, 0.5) is 0 Å². The average Bonchev–Trinajstić information content (AvgIpc) is 2.62. The molecule has 0 spiro atoms.